The van der Waals surface area contributed by atoms with Crippen molar-refractivity contribution >= 4 is 60.8 Å². The van der Waals surface area contributed by atoms with Gasteiger partial charge in [0.05, 0.1) is 21.2 Å². The second-order valence-corrected chi connectivity index (χ2v) is 9.57. The van der Waals surface area contributed by atoms with Crippen LogP contribution in [0.2, 0.25) is 10.0 Å². The van der Waals surface area contributed by atoms with Crippen LogP contribution in [0.4, 0.5) is 0 Å². The van der Waals surface area contributed by atoms with E-state index in [1.54, 1.807) is 6.07 Å². The molecule has 3 aromatic carbocycles. The number of hydrazone groups is 1. The van der Waals surface area contributed by atoms with Gasteiger partial charge in [-0.1, -0.05) is 75.5 Å². The van der Waals surface area contributed by atoms with Crippen LogP contribution in [0.15, 0.2) is 74.7 Å². The van der Waals surface area contributed by atoms with E-state index in [0.29, 0.717) is 10.0 Å². The molecule has 0 unspecified atom stereocenters. The van der Waals surface area contributed by atoms with Crippen LogP contribution in [-0.2, 0) is 0 Å². The van der Waals surface area contributed by atoms with Crippen molar-refractivity contribution in [3.63, 3.8) is 0 Å². The summed E-state index contributed by atoms with van der Waals surface area (Å²) in [5.74, 6) is 0.815. The summed E-state index contributed by atoms with van der Waals surface area (Å²) >= 11 is 19.9. The molecule has 2 heterocycles. The molecule has 3 aromatic rings. The minimum atomic E-state index is -0.448. The molecule has 146 valence electrons. The van der Waals surface area contributed by atoms with Crippen LogP contribution in [0.1, 0.15) is 35.4 Å². The molecule has 2 aliphatic rings. The molecule has 0 amide bonds. The lowest BCUT2D eigenvalue weighted by Crippen LogP contribution is -2.34. The lowest BCUT2D eigenvalue weighted by Gasteiger charge is -2.39. The summed E-state index contributed by atoms with van der Waals surface area (Å²) in [5, 5.41) is 8.12. The second kappa shape index (κ2) is 7.62. The van der Waals surface area contributed by atoms with Gasteiger partial charge in [-0.05, 0) is 45.8 Å². The molecule has 2 atom stereocenters. The van der Waals surface area contributed by atoms with Crippen LogP contribution in [0.5, 0.6) is 5.75 Å². The van der Waals surface area contributed by atoms with E-state index in [1.165, 1.54) is 0 Å². The zero-order valence-electron chi connectivity index (χ0n) is 14.9. The van der Waals surface area contributed by atoms with Crippen molar-refractivity contribution in [1.82, 2.24) is 5.01 Å². The van der Waals surface area contributed by atoms with Gasteiger partial charge < -0.3 is 4.74 Å². The third-order valence-electron chi connectivity index (χ3n) is 5.14. The van der Waals surface area contributed by atoms with Gasteiger partial charge in [0.2, 0.25) is 6.23 Å². The van der Waals surface area contributed by atoms with Gasteiger partial charge in [0.1, 0.15) is 5.75 Å². The van der Waals surface area contributed by atoms with E-state index in [4.69, 9.17) is 33.0 Å². The van der Waals surface area contributed by atoms with Gasteiger partial charge >= 0.3 is 0 Å². The summed E-state index contributed by atoms with van der Waals surface area (Å²) in [6, 6.07) is 19.8. The Morgan fingerprint density at radius 1 is 0.966 bits per heavy atom. The zero-order chi connectivity index (χ0) is 20.1. The normalized spacial score (nSPS) is 20.0. The Morgan fingerprint density at radius 3 is 2.52 bits per heavy atom. The third kappa shape index (κ3) is 3.48. The first-order chi connectivity index (χ1) is 14.0. The number of ether oxygens (including phenoxy) is 1. The number of hydrogen-bond donors (Lipinski definition) is 0. The first-order valence-corrected chi connectivity index (χ1v) is 11.4. The predicted octanol–water partition coefficient (Wildman–Crippen LogP) is 7.76. The molecule has 0 N–H and O–H groups in total. The summed E-state index contributed by atoms with van der Waals surface area (Å²) < 4.78 is 8.33. The molecule has 2 aliphatic heterocycles. The van der Waals surface area contributed by atoms with Crippen molar-refractivity contribution in [2.75, 3.05) is 0 Å². The minimum Gasteiger partial charge on any atom is -0.463 e. The number of benzene rings is 3. The molecular weight excluding hydrogens is 539 g/mol. The topological polar surface area (TPSA) is 24.8 Å². The highest BCUT2D eigenvalue weighted by Gasteiger charge is 2.42. The van der Waals surface area contributed by atoms with Crippen molar-refractivity contribution in [3.8, 4) is 5.75 Å². The van der Waals surface area contributed by atoms with Crippen LogP contribution in [0.3, 0.4) is 0 Å². The lowest BCUT2D eigenvalue weighted by atomic mass is 9.96. The van der Waals surface area contributed by atoms with Crippen molar-refractivity contribution < 1.29 is 4.74 Å². The zero-order valence-corrected chi connectivity index (χ0v) is 19.6. The molecule has 0 spiro atoms. The smallest absolute Gasteiger partial charge is 0.215 e. The monoisotopic (exact) mass is 550 g/mol. The number of halogens is 4. The Hall–Kier alpha value is -1.53. The highest BCUT2D eigenvalue weighted by Crippen LogP contribution is 2.51. The second-order valence-electron chi connectivity index (χ2n) is 6.95. The summed E-state index contributed by atoms with van der Waals surface area (Å²) in [7, 11) is 0. The highest BCUT2D eigenvalue weighted by molar-refractivity contribution is 9.11. The van der Waals surface area contributed by atoms with Crippen LogP contribution >= 0.6 is 55.1 Å². The highest BCUT2D eigenvalue weighted by atomic mass is 79.9. The Kier molecular flexibility index (Phi) is 5.11. The van der Waals surface area contributed by atoms with Crippen LogP contribution in [-0.4, -0.2) is 10.7 Å². The molecule has 0 saturated heterocycles. The van der Waals surface area contributed by atoms with Gasteiger partial charge in [-0.25, -0.2) is 5.01 Å². The lowest BCUT2D eigenvalue weighted by molar-refractivity contribution is -0.0196. The maximum absolute atomic E-state index is 6.54. The quantitative estimate of drug-likeness (QED) is 0.324. The van der Waals surface area contributed by atoms with Crippen LogP contribution in [0.25, 0.3) is 0 Å². The number of nitrogens with zero attached hydrogens (tertiary/aromatic N) is 2. The molecule has 3 nitrogen and oxygen atoms in total. The number of fused-ring (bicyclic) bond motifs is 3. The van der Waals surface area contributed by atoms with Gasteiger partial charge in [0, 0.05) is 27.0 Å². The van der Waals surface area contributed by atoms with E-state index < -0.39 is 6.23 Å². The van der Waals surface area contributed by atoms with Crippen molar-refractivity contribution in [2.45, 2.75) is 18.7 Å². The average Bonchev–Trinajstić information content (AvgIpc) is 3.15. The maximum Gasteiger partial charge on any atom is 0.215 e. The van der Waals surface area contributed by atoms with Crippen molar-refractivity contribution in [3.05, 3.63) is 96.3 Å². The van der Waals surface area contributed by atoms with Crippen molar-refractivity contribution in [2.24, 2.45) is 5.10 Å². The fourth-order valence-electron chi connectivity index (χ4n) is 3.83. The van der Waals surface area contributed by atoms with E-state index in [2.05, 4.69) is 50.1 Å². The summed E-state index contributed by atoms with van der Waals surface area (Å²) in [5.41, 5.74) is 4.05. The summed E-state index contributed by atoms with van der Waals surface area (Å²) in [4.78, 5) is 0. The molecule has 0 aromatic heterocycles. The van der Waals surface area contributed by atoms with Gasteiger partial charge in [0.25, 0.3) is 0 Å². The molecule has 7 heteroatoms. The molecule has 0 bridgehead atoms. The largest absolute Gasteiger partial charge is 0.463 e. The average molecular weight is 553 g/mol. The summed E-state index contributed by atoms with van der Waals surface area (Å²) in [6.07, 6.45) is 0.335. The van der Waals surface area contributed by atoms with E-state index in [1.807, 2.05) is 41.4 Å². The standard InChI is InChI=1S/C22H14Br2Cl2N2O/c23-13-8-16-20-11-19(12-4-2-1-3-5-12)27-28(20)22(29-21(16)17(24)9-13)15-7-6-14(25)10-18(15)26/h1-10,20,22H,11H2/t20-,22-/m0/s1. The Bertz CT molecular complexity index is 1140. The number of rotatable bonds is 2. The maximum atomic E-state index is 6.54. The Labute approximate surface area is 195 Å². The summed E-state index contributed by atoms with van der Waals surface area (Å²) in [6.45, 7) is 0. The van der Waals surface area contributed by atoms with E-state index in [0.717, 1.165) is 43.5 Å². The molecule has 29 heavy (non-hydrogen) atoms. The fourth-order valence-corrected chi connectivity index (χ4v) is 5.68. The number of hydrogen-bond acceptors (Lipinski definition) is 3. The fraction of sp³-hybridized carbons (Fsp3) is 0.136. The van der Waals surface area contributed by atoms with Gasteiger partial charge in [-0.2, -0.15) is 5.10 Å². The minimum absolute atomic E-state index is 0.0412. The van der Waals surface area contributed by atoms with E-state index >= 15 is 0 Å². The van der Waals surface area contributed by atoms with E-state index in [-0.39, 0.29) is 6.04 Å². The van der Waals surface area contributed by atoms with Crippen molar-refractivity contribution in [1.29, 1.82) is 0 Å². The Morgan fingerprint density at radius 2 is 1.76 bits per heavy atom. The van der Waals surface area contributed by atoms with Crippen LogP contribution < -0.4 is 4.74 Å². The first-order valence-electron chi connectivity index (χ1n) is 9.03. The Balaban J connectivity index is 1.66. The third-order valence-corrected chi connectivity index (χ3v) is 6.75. The molecule has 0 aliphatic carbocycles. The molecule has 0 fully saturated rings. The molecule has 0 saturated carbocycles. The van der Waals surface area contributed by atoms with E-state index in [9.17, 15) is 0 Å². The van der Waals surface area contributed by atoms with Gasteiger partial charge in [0.15, 0.2) is 0 Å². The van der Waals surface area contributed by atoms with Gasteiger partial charge in [-0.15, -0.1) is 0 Å². The SMILES string of the molecule is Clc1ccc([C@@H]2Oc3c(Br)cc(Br)cc3[C@@H]3CC(c4ccccc4)=NN32)c(Cl)c1. The molecule has 0 radical (unpaired) electrons. The van der Waals surface area contributed by atoms with Crippen LogP contribution in [0, 0.1) is 0 Å². The predicted molar refractivity (Wildman–Crippen MR) is 124 cm³/mol. The van der Waals surface area contributed by atoms with Gasteiger partial charge in [-0.3, -0.25) is 0 Å². The first kappa shape index (κ1) is 19.4. The molecule has 5 rings (SSSR count). The molecular formula is C22H14Br2Cl2N2O.